The number of halogens is 2. The highest BCUT2D eigenvalue weighted by Crippen LogP contribution is 2.41. The fraction of sp³-hybridized carbons (Fsp3) is 0.167. The lowest BCUT2D eigenvalue weighted by atomic mass is 9.92. The summed E-state index contributed by atoms with van der Waals surface area (Å²) in [4.78, 5) is 11.3. The number of carboxylic acids is 1. The van der Waals surface area contributed by atoms with Crippen molar-refractivity contribution in [2.24, 2.45) is 10.2 Å². The Labute approximate surface area is 155 Å². The maximum Gasteiger partial charge on any atom is 0.337 e. The van der Waals surface area contributed by atoms with Gasteiger partial charge in [0, 0.05) is 0 Å². The van der Waals surface area contributed by atoms with Crippen molar-refractivity contribution < 1.29 is 9.90 Å². The number of para-hydroxylation sites is 1. The van der Waals surface area contributed by atoms with Gasteiger partial charge >= 0.3 is 5.97 Å². The summed E-state index contributed by atoms with van der Waals surface area (Å²) in [6, 6.07) is 10.1. The van der Waals surface area contributed by atoms with Crippen LogP contribution in [0.2, 0.25) is 10.0 Å². The minimum Gasteiger partial charge on any atom is -0.478 e. The van der Waals surface area contributed by atoms with Gasteiger partial charge in [0.05, 0.1) is 32.7 Å². The molecular formula is C18H15Cl2N3O2. The van der Waals surface area contributed by atoms with Crippen LogP contribution >= 0.6 is 23.2 Å². The van der Waals surface area contributed by atoms with Crippen LogP contribution in [0.4, 0.5) is 11.4 Å². The van der Waals surface area contributed by atoms with Crippen LogP contribution < -0.4 is 5.32 Å². The van der Waals surface area contributed by atoms with Gasteiger partial charge in [-0.3, -0.25) is 0 Å². The van der Waals surface area contributed by atoms with Crippen LogP contribution in [0.1, 0.15) is 29.8 Å². The van der Waals surface area contributed by atoms with E-state index in [0.717, 1.165) is 11.3 Å². The minimum absolute atomic E-state index is 0.133. The standard InChI is InChI=1S/C18H15Cl2N3O2/c1-10-9-18(2,23-22-10)11-7-13(19)16(14(20)8-11)21-15-6-4-3-5-12(15)17(24)25/h3-9,21H,1-2H3,(H,24,25). The van der Waals surface area contributed by atoms with Gasteiger partial charge < -0.3 is 10.4 Å². The summed E-state index contributed by atoms with van der Waals surface area (Å²) in [5, 5.41) is 21.4. The fourth-order valence-corrected chi connectivity index (χ4v) is 3.27. The average Bonchev–Trinajstić information content (AvgIpc) is 2.91. The molecule has 2 aromatic rings. The zero-order valence-electron chi connectivity index (χ0n) is 13.5. The van der Waals surface area contributed by atoms with Gasteiger partial charge in [0.1, 0.15) is 5.54 Å². The summed E-state index contributed by atoms with van der Waals surface area (Å²) in [5.74, 6) is -1.04. The third kappa shape index (κ3) is 3.38. The number of benzene rings is 2. The Hall–Kier alpha value is -2.37. The summed E-state index contributed by atoms with van der Waals surface area (Å²) in [5.41, 5.74) is 2.00. The summed E-state index contributed by atoms with van der Waals surface area (Å²) in [7, 11) is 0. The second-order valence-corrected chi connectivity index (χ2v) is 6.74. The van der Waals surface area contributed by atoms with Gasteiger partial charge in [-0.2, -0.15) is 10.2 Å². The molecular weight excluding hydrogens is 361 g/mol. The van der Waals surface area contributed by atoms with Gasteiger partial charge in [-0.1, -0.05) is 35.3 Å². The molecule has 0 spiro atoms. The van der Waals surface area contributed by atoms with Crippen LogP contribution in [0.5, 0.6) is 0 Å². The molecule has 7 heteroatoms. The molecule has 1 atom stereocenters. The first kappa shape index (κ1) is 17.5. The number of nitrogens with zero attached hydrogens (tertiary/aromatic N) is 2. The van der Waals surface area contributed by atoms with E-state index in [-0.39, 0.29) is 5.56 Å². The summed E-state index contributed by atoms with van der Waals surface area (Å²) in [6.07, 6.45) is 1.93. The van der Waals surface area contributed by atoms with Gasteiger partial charge in [-0.15, -0.1) is 0 Å². The molecule has 0 aliphatic carbocycles. The van der Waals surface area contributed by atoms with Crippen LogP contribution in [-0.4, -0.2) is 11.1 Å². The van der Waals surface area contributed by atoms with Crippen molar-refractivity contribution in [3.8, 4) is 0 Å². The third-order valence-corrected chi connectivity index (χ3v) is 4.55. The summed E-state index contributed by atoms with van der Waals surface area (Å²) in [6.45, 7) is 3.79. The predicted molar refractivity (Wildman–Crippen MR) is 99.1 cm³/mol. The number of nitrogens with one attached hydrogen (secondary N) is 1. The fourth-order valence-electron chi connectivity index (χ4n) is 2.69. The quantitative estimate of drug-likeness (QED) is 0.685. The molecule has 3 rings (SSSR count). The Balaban J connectivity index is 2.00. The zero-order valence-corrected chi connectivity index (χ0v) is 15.1. The largest absolute Gasteiger partial charge is 0.478 e. The first-order chi connectivity index (χ1) is 11.8. The van der Waals surface area contributed by atoms with Crippen LogP contribution in [0.25, 0.3) is 0 Å². The van der Waals surface area contributed by atoms with Crippen molar-refractivity contribution in [2.75, 3.05) is 5.32 Å². The number of hydrogen-bond donors (Lipinski definition) is 2. The molecule has 0 radical (unpaired) electrons. The third-order valence-electron chi connectivity index (χ3n) is 3.95. The van der Waals surface area contributed by atoms with Gasteiger partial charge in [0.2, 0.25) is 0 Å². The van der Waals surface area contributed by atoms with Gasteiger partial charge in [-0.05, 0) is 49.8 Å². The van der Waals surface area contributed by atoms with E-state index >= 15 is 0 Å². The Bertz CT molecular complexity index is 901. The molecule has 0 aromatic heterocycles. The maximum atomic E-state index is 11.3. The molecule has 1 heterocycles. The van der Waals surface area contributed by atoms with Gasteiger partial charge in [0.25, 0.3) is 0 Å². The molecule has 128 valence electrons. The van der Waals surface area contributed by atoms with E-state index in [1.54, 1.807) is 30.3 Å². The van der Waals surface area contributed by atoms with Crippen molar-refractivity contribution in [2.45, 2.75) is 19.4 Å². The van der Waals surface area contributed by atoms with Crippen molar-refractivity contribution in [3.05, 3.63) is 69.3 Å². The Morgan fingerprint density at radius 1 is 1.20 bits per heavy atom. The van der Waals surface area contributed by atoms with E-state index < -0.39 is 11.5 Å². The second-order valence-electron chi connectivity index (χ2n) is 5.92. The summed E-state index contributed by atoms with van der Waals surface area (Å²) >= 11 is 12.8. The zero-order chi connectivity index (χ0) is 18.2. The number of anilines is 2. The smallest absolute Gasteiger partial charge is 0.337 e. The molecule has 0 saturated heterocycles. The SMILES string of the molecule is CC1=CC(C)(c2cc(Cl)c(Nc3ccccc3C(=O)O)c(Cl)c2)N=N1. The van der Waals surface area contributed by atoms with Crippen molar-refractivity contribution in [3.63, 3.8) is 0 Å². The van der Waals surface area contributed by atoms with Crippen LogP contribution in [-0.2, 0) is 5.54 Å². The number of carbonyl (C=O) groups is 1. The van der Waals surface area contributed by atoms with E-state index in [9.17, 15) is 9.90 Å². The highest BCUT2D eigenvalue weighted by atomic mass is 35.5. The molecule has 0 bridgehead atoms. The topological polar surface area (TPSA) is 74.0 Å². The van der Waals surface area contributed by atoms with E-state index in [4.69, 9.17) is 23.2 Å². The Morgan fingerprint density at radius 3 is 2.40 bits per heavy atom. The number of hydrogen-bond acceptors (Lipinski definition) is 4. The monoisotopic (exact) mass is 375 g/mol. The van der Waals surface area contributed by atoms with Crippen molar-refractivity contribution in [1.82, 2.24) is 0 Å². The average molecular weight is 376 g/mol. The normalized spacial score (nSPS) is 19.0. The number of azo groups is 1. The molecule has 2 N–H and O–H groups in total. The van der Waals surface area contributed by atoms with E-state index in [1.807, 2.05) is 19.9 Å². The lowest BCUT2D eigenvalue weighted by molar-refractivity contribution is 0.0698. The predicted octanol–water partition coefficient (Wildman–Crippen LogP) is 6.02. The molecule has 1 unspecified atom stereocenters. The van der Waals surface area contributed by atoms with Gasteiger partial charge in [0.15, 0.2) is 0 Å². The molecule has 1 aliphatic heterocycles. The Kier molecular flexibility index (Phi) is 4.54. The van der Waals surface area contributed by atoms with Crippen LogP contribution in [0.3, 0.4) is 0 Å². The number of carboxylic acid groups (broad SMARTS) is 1. The van der Waals surface area contributed by atoms with Crippen molar-refractivity contribution >= 4 is 40.5 Å². The second kappa shape index (κ2) is 6.50. The van der Waals surface area contributed by atoms with E-state index in [0.29, 0.717) is 21.4 Å². The highest BCUT2D eigenvalue weighted by molar-refractivity contribution is 6.39. The first-order valence-corrected chi connectivity index (χ1v) is 8.27. The number of aromatic carboxylic acids is 1. The minimum atomic E-state index is -1.04. The van der Waals surface area contributed by atoms with Gasteiger partial charge in [-0.25, -0.2) is 4.79 Å². The molecule has 2 aromatic carbocycles. The van der Waals surface area contributed by atoms with Crippen molar-refractivity contribution in [1.29, 1.82) is 0 Å². The van der Waals surface area contributed by atoms with E-state index in [1.165, 1.54) is 6.07 Å². The van der Waals surface area contributed by atoms with E-state index in [2.05, 4.69) is 15.5 Å². The molecule has 1 aliphatic rings. The summed E-state index contributed by atoms with van der Waals surface area (Å²) < 4.78 is 0. The lowest BCUT2D eigenvalue weighted by Crippen LogP contribution is -2.13. The molecule has 5 nitrogen and oxygen atoms in total. The number of rotatable bonds is 4. The highest BCUT2D eigenvalue weighted by Gasteiger charge is 2.29. The lowest BCUT2D eigenvalue weighted by Gasteiger charge is -2.20. The molecule has 25 heavy (non-hydrogen) atoms. The Morgan fingerprint density at radius 2 is 1.84 bits per heavy atom. The molecule has 0 saturated carbocycles. The molecule has 0 fully saturated rings. The number of allylic oxidation sites excluding steroid dienone is 1. The molecule has 0 amide bonds. The maximum absolute atomic E-state index is 11.3. The first-order valence-electron chi connectivity index (χ1n) is 7.51. The van der Waals surface area contributed by atoms with Crippen LogP contribution in [0, 0.1) is 0 Å². The van der Waals surface area contributed by atoms with Crippen LogP contribution in [0.15, 0.2) is 58.4 Å².